The maximum atomic E-state index is 13.4. The molecule has 1 N–H and O–H groups in total. The van der Waals surface area contributed by atoms with Crippen molar-refractivity contribution in [3.05, 3.63) is 71.9 Å². The van der Waals surface area contributed by atoms with Crippen molar-refractivity contribution in [1.82, 2.24) is 9.29 Å². The van der Waals surface area contributed by atoms with Gasteiger partial charge in [-0.15, -0.1) is 0 Å². The molecule has 5 rings (SSSR count). The number of nitrogens with one attached hydrogen (secondary N) is 1. The lowest BCUT2D eigenvalue weighted by molar-refractivity contribution is 0.589. The Bertz CT molecular complexity index is 1320. The molecule has 1 saturated heterocycles. The Balaban J connectivity index is 1.63. The minimum Gasteiger partial charge on any atom is -0.368 e. The maximum absolute atomic E-state index is 13.4. The summed E-state index contributed by atoms with van der Waals surface area (Å²) < 4.78 is 28.2. The van der Waals surface area contributed by atoms with E-state index in [4.69, 9.17) is 11.6 Å². The van der Waals surface area contributed by atoms with Gasteiger partial charge in [0.1, 0.15) is 0 Å². The molecule has 0 saturated carbocycles. The Kier molecular flexibility index (Phi) is 4.50. The molecule has 148 valence electrons. The summed E-state index contributed by atoms with van der Waals surface area (Å²) in [6, 6.07) is 18.3. The second kappa shape index (κ2) is 7.06. The largest absolute Gasteiger partial charge is 0.368 e. The van der Waals surface area contributed by atoms with Gasteiger partial charge in [0.25, 0.3) is 10.0 Å². The van der Waals surface area contributed by atoms with Crippen molar-refractivity contribution < 1.29 is 8.42 Å². The van der Waals surface area contributed by atoms with Crippen LogP contribution in [0.3, 0.4) is 0 Å². The number of hydrogen-bond donors (Lipinski definition) is 1. The van der Waals surface area contributed by atoms with E-state index in [2.05, 4.69) is 16.3 Å². The number of anilines is 1. The maximum Gasteiger partial charge on any atom is 0.268 e. The molecular formula is C22H20ClN3O2S. The molecule has 1 aromatic heterocycles. The van der Waals surface area contributed by atoms with E-state index in [0.29, 0.717) is 10.5 Å². The molecule has 0 aliphatic carbocycles. The molecule has 4 aromatic rings. The highest BCUT2D eigenvalue weighted by Crippen LogP contribution is 2.32. The molecule has 1 aliphatic rings. The highest BCUT2D eigenvalue weighted by molar-refractivity contribution is 7.90. The Morgan fingerprint density at radius 2 is 1.69 bits per heavy atom. The van der Waals surface area contributed by atoms with E-state index in [1.807, 2.05) is 30.3 Å². The van der Waals surface area contributed by atoms with Gasteiger partial charge in [0, 0.05) is 53.9 Å². The SMILES string of the molecule is O=S(=O)(c1ccc2c(Cl)cccc2c1)n1ccc2c(N3CCNCC3)cccc21. The predicted molar refractivity (Wildman–Crippen MR) is 119 cm³/mol. The Morgan fingerprint density at radius 3 is 2.52 bits per heavy atom. The van der Waals surface area contributed by atoms with Crippen molar-refractivity contribution in [2.24, 2.45) is 0 Å². The highest BCUT2D eigenvalue weighted by atomic mass is 35.5. The second-order valence-electron chi connectivity index (χ2n) is 7.19. The molecule has 7 heteroatoms. The van der Waals surface area contributed by atoms with Gasteiger partial charge in [-0.2, -0.15) is 0 Å². The van der Waals surface area contributed by atoms with Crippen LogP contribution < -0.4 is 10.2 Å². The van der Waals surface area contributed by atoms with Gasteiger partial charge in [-0.05, 0) is 41.8 Å². The first-order chi connectivity index (χ1) is 14.1. The summed E-state index contributed by atoms with van der Waals surface area (Å²) in [5, 5.41) is 6.55. The molecule has 0 bridgehead atoms. The lowest BCUT2D eigenvalue weighted by Crippen LogP contribution is -2.43. The predicted octanol–water partition coefficient (Wildman–Crippen LogP) is 4.09. The third kappa shape index (κ3) is 3.08. The number of hydrogen-bond acceptors (Lipinski definition) is 4. The van der Waals surface area contributed by atoms with E-state index in [1.165, 1.54) is 3.97 Å². The standard InChI is InChI=1S/C22H20ClN3O2S/c23-20-4-1-3-16-15-17(7-8-18(16)20)29(27,28)26-12-9-19-21(5-2-6-22(19)26)25-13-10-24-11-14-25/h1-9,12,15,24H,10-11,13-14H2. The molecule has 29 heavy (non-hydrogen) atoms. The summed E-state index contributed by atoms with van der Waals surface area (Å²) >= 11 is 6.23. The molecular weight excluding hydrogens is 406 g/mol. The number of aromatic nitrogens is 1. The fourth-order valence-corrected chi connectivity index (χ4v) is 5.64. The smallest absolute Gasteiger partial charge is 0.268 e. The first kappa shape index (κ1) is 18.5. The van der Waals surface area contributed by atoms with E-state index in [9.17, 15) is 8.42 Å². The molecule has 3 aromatic carbocycles. The van der Waals surface area contributed by atoms with Gasteiger partial charge in [-0.1, -0.05) is 35.9 Å². The summed E-state index contributed by atoms with van der Waals surface area (Å²) in [6.45, 7) is 3.66. The number of halogens is 1. The van der Waals surface area contributed by atoms with Gasteiger partial charge in [0.2, 0.25) is 0 Å². The van der Waals surface area contributed by atoms with Gasteiger partial charge < -0.3 is 10.2 Å². The highest BCUT2D eigenvalue weighted by Gasteiger charge is 2.22. The van der Waals surface area contributed by atoms with Gasteiger partial charge in [-0.3, -0.25) is 0 Å². The van der Waals surface area contributed by atoms with Crippen LogP contribution in [0.1, 0.15) is 0 Å². The van der Waals surface area contributed by atoms with Crippen LogP contribution in [0.15, 0.2) is 71.8 Å². The van der Waals surface area contributed by atoms with E-state index >= 15 is 0 Å². The van der Waals surface area contributed by atoms with Gasteiger partial charge >= 0.3 is 0 Å². The summed E-state index contributed by atoms with van der Waals surface area (Å²) in [4.78, 5) is 2.55. The number of piperazine rings is 1. The second-order valence-corrected chi connectivity index (χ2v) is 9.41. The van der Waals surface area contributed by atoms with Crippen LogP contribution in [0.2, 0.25) is 5.02 Å². The summed E-state index contributed by atoms with van der Waals surface area (Å²) in [6.07, 6.45) is 1.65. The fourth-order valence-electron chi connectivity index (χ4n) is 4.01. The van der Waals surface area contributed by atoms with Gasteiger partial charge in [0.15, 0.2) is 0 Å². The number of fused-ring (bicyclic) bond motifs is 2. The number of rotatable bonds is 3. The molecule has 0 amide bonds. The molecule has 0 spiro atoms. The molecule has 1 fully saturated rings. The molecule has 2 heterocycles. The normalized spacial score (nSPS) is 15.3. The van der Waals surface area contributed by atoms with Crippen LogP contribution in [0, 0.1) is 0 Å². The van der Waals surface area contributed by atoms with Crippen LogP contribution in [0.4, 0.5) is 5.69 Å². The van der Waals surface area contributed by atoms with Gasteiger partial charge in [0.05, 0.1) is 10.4 Å². The Hall–Kier alpha value is -2.54. The van der Waals surface area contributed by atoms with Crippen LogP contribution in [0.25, 0.3) is 21.7 Å². The lowest BCUT2D eigenvalue weighted by atomic mass is 10.1. The third-order valence-electron chi connectivity index (χ3n) is 5.49. The fraction of sp³-hybridized carbons (Fsp3) is 0.182. The molecule has 0 unspecified atom stereocenters. The first-order valence-electron chi connectivity index (χ1n) is 9.55. The van der Waals surface area contributed by atoms with Crippen LogP contribution >= 0.6 is 11.6 Å². The average Bonchev–Trinajstić information content (AvgIpc) is 3.19. The van der Waals surface area contributed by atoms with E-state index in [-0.39, 0.29) is 4.90 Å². The monoisotopic (exact) mass is 425 g/mol. The number of nitrogens with zero attached hydrogens (tertiary/aromatic N) is 2. The van der Waals surface area contributed by atoms with Crippen molar-refractivity contribution in [1.29, 1.82) is 0 Å². The quantitative estimate of drug-likeness (QED) is 0.537. The van der Waals surface area contributed by atoms with Crippen molar-refractivity contribution in [3.8, 4) is 0 Å². The molecule has 1 aliphatic heterocycles. The average molecular weight is 426 g/mol. The molecule has 5 nitrogen and oxygen atoms in total. The van der Waals surface area contributed by atoms with Gasteiger partial charge in [-0.25, -0.2) is 12.4 Å². The third-order valence-corrected chi connectivity index (χ3v) is 7.50. The first-order valence-corrected chi connectivity index (χ1v) is 11.4. The number of benzene rings is 3. The Labute approximate surface area is 174 Å². The summed E-state index contributed by atoms with van der Waals surface area (Å²) in [7, 11) is -3.73. The summed E-state index contributed by atoms with van der Waals surface area (Å²) in [5.41, 5.74) is 1.76. The lowest BCUT2D eigenvalue weighted by Gasteiger charge is -2.30. The molecule has 0 atom stereocenters. The topological polar surface area (TPSA) is 54.3 Å². The minimum absolute atomic E-state index is 0.248. The van der Waals surface area contributed by atoms with Crippen molar-refractivity contribution in [2.45, 2.75) is 4.90 Å². The summed E-state index contributed by atoms with van der Waals surface area (Å²) in [5.74, 6) is 0. The zero-order valence-corrected chi connectivity index (χ0v) is 17.2. The van der Waals surface area contributed by atoms with E-state index in [0.717, 1.165) is 48.0 Å². The van der Waals surface area contributed by atoms with Crippen LogP contribution in [0.5, 0.6) is 0 Å². The zero-order chi connectivity index (χ0) is 20.0. The van der Waals surface area contributed by atoms with Crippen molar-refractivity contribution in [3.63, 3.8) is 0 Å². The van der Waals surface area contributed by atoms with Crippen molar-refractivity contribution >= 4 is 49.0 Å². The van der Waals surface area contributed by atoms with E-state index in [1.54, 1.807) is 30.5 Å². The Morgan fingerprint density at radius 1 is 0.897 bits per heavy atom. The van der Waals surface area contributed by atoms with Crippen molar-refractivity contribution in [2.75, 3.05) is 31.1 Å². The van der Waals surface area contributed by atoms with E-state index < -0.39 is 10.0 Å². The minimum atomic E-state index is -3.73. The van der Waals surface area contributed by atoms with Crippen LogP contribution in [-0.4, -0.2) is 38.6 Å². The molecule has 0 radical (unpaired) electrons. The van der Waals surface area contributed by atoms with Crippen LogP contribution in [-0.2, 0) is 10.0 Å². The zero-order valence-electron chi connectivity index (χ0n) is 15.7.